The van der Waals surface area contributed by atoms with Gasteiger partial charge >= 0.3 is 0 Å². The van der Waals surface area contributed by atoms with Crippen molar-refractivity contribution in [2.75, 3.05) is 6.61 Å². The molecule has 0 saturated carbocycles. The Morgan fingerprint density at radius 1 is 1.42 bits per heavy atom. The third-order valence-electron chi connectivity index (χ3n) is 2.16. The molecule has 0 aromatic heterocycles. The summed E-state index contributed by atoms with van der Waals surface area (Å²) in [5.41, 5.74) is 0.516. The predicted molar refractivity (Wildman–Crippen MR) is 59.1 cm³/mol. The first kappa shape index (κ1) is 12.4. The molecule has 1 unspecified atom stereocenters. The SMILES string of the molecule is CC(C)[Si](C)(N)OCC[Si](C)C. The summed E-state index contributed by atoms with van der Waals surface area (Å²) in [6.45, 7) is 11.9. The molecule has 0 aliphatic carbocycles. The Morgan fingerprint density at radius 2 is 1.92 bits per heavy atom. The molecule has 1 radical (unpaired) electrons. The minimum Gasteiger partial charge on any atom is -0.403 e. The Hall–Kier alpha value is 0.354. The molecular formula is C8H22NOSi2. The van der Waals surface area contributed by atoms with Crippen molar-refractivity contribution >= 4 is 17.3 Å². The van der Waals surface area contributed by atoms with E-state index in [4.69, 9.17) is 9.83 Å². The van der Waals surface area contributed by atoms with Gasteiger partial charge in [0.2, 0.25) is 0 Å². The molecule has 12 heavy (non-hydrogen) atoms. The maximum atomic E-state index is 6.07. The Kier molecular flexibility index (Phi) is 5.32. The maximum Gasteiger partial charge on any atom is 0.265 e. The topological polar surface area (TPSA) is 35.2 Å². The number of hydrogen-bond acceptors (Lipinski definition) is 2. The molecule has 0 bridgehead atoms. The fourth-order valence-corrected chi connectivity index (χ4v) is 2.23. The largest absolute Gasteiger partial charge is 0.403 e. The fraction of sp³-hybridized carbons (Fsp3) is 1.00. The molecule has 0 heterocycles. The second-order valence-electron chi connectivity index (χ2n) is 4.14. The van der Waals surface area contributed by atoms with Crippen LogP contribution in [0.15, 0.2) is 0 Å². The van der Waals surface area contributed by atoms with Gasteiger partial charge in [-0.15, -0.1) is 0 Å². The highest BCUT2D eigenvalue weighted by Crippen LogP contribution is 2.16. The van der Waals surface area contributed by atoms with Crippen LogP contribution in [0.2, 0.25) is 31.2 Å². The normalized spacial score (nSPS) is 17.0. The summed E-state index contributed by atoms with van der Waals surface area (Å²) in [7, 11) is -1.97. The molecule has 2 nitrogen and oxygen atoms in total. The van der Waals surface area contributed by atoms with Crippen molar-refractivity contribution in [3.63, 3.8) is 0 Å². The van der Waals surface area contributed by atoms with Crippen LogP contribution in [0.1, 0.15) is 13.8 Å². The molecular weight excluding hydrogens is 182 g/mol. The number of rotatable bonds is 5. The van der Waals surface area contributed by atoms with Crippen LogP contribution in [0.5, 0.6) is 0 Å². The predicted octanol–water partition coefficient (Wildman–Crippen LogP) is 2.20. The van der Waals surface area contributed by atoms with Gasteiger partial charge in [-0.05, 0) is 18.1 Å². The van der Waals surface area contributed by atoms with Crippen molar-refractivity contribution < 1.29 is 4.43 Å². The van der Waals surface area contributed by atoms with Crippen LogP contribution in [0.4, 0.5) is 0 Å². The highest BCUT2D eigenvalue weighted by molar-refractivity contribution is 6.70. The average molecular weight is 204 g/mol. The van der Waals surface area contributed by atoms with Crippen molar-refractivity contribution in [1.82, 2.24) is 0 Å². The van der Waals surface area contributed by atoms with Crippen LogP contribution >= 0.6 is 0 Å². The second-order valence-corrected chi connectivity index (χ2v) is 10.9. The quantitative estimate of drug-likeness (QED) is 0.697. The Labute approximate surface area is 79.3 Å². The Balaban J connectivity index is 3.61. The van der Waals surface area contributed by atoms with E-state index in [2.05, 4.69) is 33.5 Å². The molecule has 2 N–H and O–H groups in total. The van der Waals surface area contributed by atoms with E-state index < -0.39 is 8.48 Å². The summed E-state index contributed by atoms with van der Waals surface area (Å²) < 4.78 is 5.74. The Bertz CT molecular complexity index is 126. The van der Waals surface area contributed by atoms with E-state index in [0.717, 1.165) is 6.61 Å². The summed E-state index contributed by atoms with van der Waals surface area (Å²) in [5, 5.41) is 6.07. The summed E-state index contributed by atoms with van der Waals surface area (Å²) in [4.78, 5) is 0. The van der Waals surface area contributed by atoms with Gasteiger partial charge in [0, 0.05) is 15.4 Å². The van der Waals surface area contributed by atoms with E-state index in [9.17, 15) is 0 Å². The monoisotopic (exact) mass is 204 g/mol. The molecule has 4 heteroatoms. The molecule has 1 atom stereocenters. The van der Waals surface area contributed by atoms with Crippen LogP contribution < -0.4 is 5.40 Å². The molecule has 0 rings (SSSR count). The first-order chi connectivity index (χ1) is 5.36. The standard InChI is InChI=1S/C8H22NOSi2/c1-8(2)12(5,9)10-6-7-11(3)4/h8H,6-7,9H2,1-5H3. The molecule has 0 saturated heterocycles. The minimum absolute atomic E-state index is 0.140. The van der Waals surface area contributed by atoms with E-state index in [-0.39, 0.29) is 8.80 Å². The number of hydrogen-bond donors (Lipinski definition) is 1. The van der Waals surface area contributed by atoms with E-state index in [1.54, 1.807) is 0 Å². The van der Waals surface area contributed by atoms with Crippen molar-refractivity contribution in [1.29, 1.82) is 0 Å². The summed E-state index contributed by atoms with van der Waals surface area (Å²) >= 11 is 0. The highest BCUT2D eigenvalue weighted by atomic mass is 28.4. The molecule has 0 aliphatic rings. The van der Waals surface area contributed by atoms with Gasteiger partial charge in [-0.2, -0.15) is 0 Å². The van der Waals surface area contributed by atoms with Gasteiger partial charge in [0.1, 0.15) is 0 Å². The lowest BCUT2D eigenvalue weighted by Crippen LogP contribution is -2.49. The van der Waals surface area contributed by atoms with Crippen molar-refractivity contribution in [3.8, 4) is 0 Å². The molecule has 73 valence electrons. The first-order valence-electron chi connectivity index (χ1n) is 4.58. The lowest BCUT2D eigenvalue weighted by Gasteiger charge is -2.26. The van der Waals surface area contributed by atoms with E-state index in [0.29, 0.717) is 5.54 Å². The zero-order chi connectivity index (χ0) is 9.78. The lowest BCUT2D eigenvalue weighted by atomic mass is 10.6. The zero-order valence-electron chi connectivity index (χ0n) is 8.98. The van der Waals surface area contributed by atoms with Crippen LogP contribution in [0, 0.1) is 0 Å². The number of nitrogens with two attached hydrogens (primary N) is 1. The van der Waals surface area contributed by atoms with Crippen molar-refractivity contribution in [2.24, 2.45) is 5.40 Å². The Morgan fingerprint density at radius 3 is 2.25 bits per heavy atom. The molecule has 0 spiro atoms. The van der Waals surface area contributed by atoms with Gasteiger partial charge < -0.3 is 9.83 Å². The molecule has 0 aromatic rings. The molecule has 0 aromatic carbocycles. The second kappa shape index (κ2) is 5.16. The smallest absolute Gasteiger partial charge is 0.265 e. The van der Waals surface area contributed by atoms with E-state index in [1.165, 1.54) is 6.04 Å². The van der Waals surface area contributed by atoms with Crippen LogP contribution in [-0.2, 0) is 4.43 Å². The third kappa shape index (κ3) is 5.08. The van der Waals surface area contributed by atoms with Crippen molar-refractivity contribution in [2.45, 2.75) is 45.1 Å². The van der Waals surface area contributed by atoms with Gasteiger partial charge in [0.25, 0.3) is 8.48 Å². The minimum atomic E-state index is -1.83. The van der Waals surface area contributed by atoms with E-state index >= 15 is 0 Å². The average Bonchev–Trinajstić information content (AvgIpc) is 1.85. The highest BCUT2D eigenvalue weighted by Gasteiger charge is 2.28. The van der Waals surface area contributed by atoms with Crippen molar-refractivity contribution in [3.05, 3.63) is 0 Å². The van der Waals surface area contributed by atoms with Crippen LogP contribution in [0.3, 0.4) is 0 Å². The van der Waals surface area contributed by atoms with Gasteiger partial charge in [-0.3, -0.25) is 0 Å². The summed E-state index contributed by atoms with van der Waals surface area (Å²) in [5.74, 6) is 0. The third-order valence-corrected chi connectivity index (χ3v) is 6.48. The van der Waals surface area contributed by atoms with Crippen LogP contribution in [0.25, 0.3) is 0 Å². The molecule has 0 fully saturated rings. The molecule has 0 amide bonds. The molecule has 0 aliphatic heterocycles. The van der Waals surface area contributed by atoms with E-state index in [1.807, 2.05) is 0 Å². The first-order valence-corrected chi connectivity index (χ1v) is 9.85. The lowest BCUT2D eigenvalue weighted by molar-refractivity contribution is 0.317. The van der Waals surface area contributed by atoms with Gasteiger partial charge in [-0.25, -0.2) is 0 Å². The fourth-order valence-electron chi connectivity index (χ4n) is 0.642. The van der Waals surface area contributed by atoms with Gasteiger partial charge in [-0.1, -0.05) is 26.9 Å². The zero-order valence-corrected chi connectivity index (χ0v) is 11.0. The summed E-state index contributed by atoms with van der Waals surface area (Å²) in [6, 6.07) is 1.22. The van der Waals surface area contributed by atoms with Gasteiger partial charge in [0.05, 0.1) is 0 Å². The van der Waals surface area contributed by atoms with Gasteiger partial charge in [0.15, 0.2) is 0 Å². The summed E-state index contributed by atoms with van der Waals surface area (Å²) in [6.07, 6.45) is 0. The maximum absolute atomic E-state index is 6.07. The van der Waals surface area contributed by atoms with Crippen LogP contribution in [-0.4, -0.2) is 23.9 Å².